The van der Waals surface area contributed by atoms with Crippen LogP contribution in [0.3, 0.4) is 0 Å². The van der Waals surface area contributed by atoms with Gasteiger partial charge in [-0.05, 0) is 19.8 Å². The van der Waals surface area contributed by atoms with Crippen LogP contribution in [0.4, 0.5) is 5.82 Å². The van der Waals surface area contributed by atoms with Crippen molar-refractivity contribution in [1.82, 2.24) is 9.97 Å². The monoisotopic (exact) mass is 192 g/mol. The van der Waals surface area contributed by atoms with Crippen molar-refractivity contribution < 1.29 is 0 Å². The van der Waals surface area contributed by atoms with E-state index in [0.717, 1.165) is 37.4 Å². The number of nitrogens with zero attached hydrogens (tertiary/aromatic N) is 3. The van der Waals surface area contributed by atoms with Gasteiger partial charge in [-0.2, -0.15) is 0 Å². The van der Waals surface area contributed by atoms with Gasteiger partial charge < -0.3 is 10.6 Å². The summed E-state index contributed by atoms with van der Waals surface area (Å²) >= 11 is 0. The maximum absolute atomic E-state index is 5.92. The van der Waals surface area contributed by atoms with Gasteiger partial charge in [-0.3, -0.25) is 0 Å². The number of anilines is 1. The molecule has 14 heavy (non-hydrogen) atoms. The first-order valence-electron chi connectivity index (χ1n) is 5.05. The quantitative estimate of drug-likeness (QED) is 0.712. The summed E-state index contributed by atoms with van der Waals surface area (Å²) in [6.07, 6.45) is 3.90. The lowest BCUT2D eigenvalue weighted by atomic mass is 10.1. The van der Waals surface area contributed by atoms with E-state index in [1.54, 1.807) is 6.33 Å². The molecular formula is C10H16N4. The lowest BCUT2D eigenvalue weighted by Crippen LogP contribution is -2.43. The number of nitrogens with two attached hydrogens (primary N) is 1. The molecule has 1 saturated heterocycles. The van der Waals surface area contributed by atoms with Gasteiger partial charge in [0.1, 0.15) is 12.1 Å². The lowest BCUT2D eigenvalue weighted by Gasteiger charge is -2.31. The Hall–Kier alpha value is -1.16. The minimum atomic E-state index is 0.291. The van der Waals surface area contributed by atoms with E-state index in [2.05, 4.69) is 14.9 Å². The molecule has 4 nitrogen and oxygen atoms in total. The molecule has 1 aromatic heterocycles. The summed E-state index contributed by atoms with van der Waals surface area (Å²) in [6, 6.07) is 2.30. The van der Waals surface area contributed by atoms with Gasteiger partial charge in [0.05, 0.1) is 0 Å². The summed E-state index contributed by atoms with van der Waals surface area (Å²) in [5.41, 5.74) is 6.92. The number of aryl methyl sites for hydroxylation is 1. The van der Waals surface area contributed by atoms with Crippen LogP contribution in [-0.2, 0) is 0 Å². The molecule has 2 N–H and O–H groups in total. The highest BCUT2D eigenvalue weighted by molar-refractivity contribution is 5.39. The average molecular weight is 192 g/mol. The summed E-state index contributed by atoms with van der Waals surface area (Å²) in [5.74, 6) is 1.01. The van der Waals surface area contributed by atoms with Gasteiger partial charge in [0.25, 0.3) is 0 Å². The van der Waals surface area contributed by atoms with Crippen molar-refractivity contribution in [2.75, 3.05) is 18.0 Å². The second-order valence-electron chi connectivity index (χ2n) is 3.87. The fraction of sp³-hybridized carbons (Fsp3) is 0.600. The Balaban J connectivity index is 2.14. The minimum Gasteiger partial charge on any atom is -0.355 e. The van der Waals surface area contributed by atoms with Crippen LogP contribution in [0.2, 0.25) is 0 Å². The molecule has 1 aliphatic heterocycles. The molecule has 0 aliphatic carbocycles. The summed E-state index contributed by atoms with van der Waals surface area (Å²) in [6.45, 7) is 3.95. The molecule has 0 aromatic carbocycles. The topological polar surface area (TPSA) is 55.0 Å². The lowest BCUT2D eigenvalue weighted by molar-refractivity contribution is 0.503. The highest BCUT2D eigenvalue weighted by atomic mass is 15.2. The van der Waals surface area contributed by atoms with E-state index in [1.165, 1.54) is 0 Å². The van der Waals surface area contributed by atoms with Crippen LogP contribution < -0.4 is 10.6 Å². The third-order valence-corrected chi connectivity index (χ3v) is 2.57. The highest BCUT2D eigenvalue weighted by Gasteiger charge is 2.17. The molecule has 2 rings (SSSR count). The molecule has 76 valence electrons. The number of hydrogen-bond donors (Lipinski definition) is 1. The van der Waals surface area contributed by atoms with Crippen LogP contribution >= 0.6 is 0 Å². The molecule has 0 spiro atoms. The summed E-state index contributed by atoms with van der Waals surface area (Å²) < 4.78 is 0. The second-order valence-corrected chi connectivity index (χ2v) is 3.87. The first kappa shape index (κ1) is 9.40. The molecule has 1 fully saturated rings. The van der Waals surface area contributed by atoms with E-state index in [4.69, 9.17) is 5.73 Å². The molecule has 2 heterocycles. The van der Waals surface area contributed by atoms with Crippen molar-refractivity contribution in [2.24, 2.45) is 5.73 Å². The van der Waals surface area contributed by atoms with Gasteiger partial charge in [0.15, 0.2) is 0 Å². The van der Waals surface area contributed by atoms with Gasteiger partial charge in [-0.1, -0.05) is 0 Å². The van der Waals surface area contributed by atoms with Crippen LogP contribution in [0.5, 0.6) is 0 Å². The van der Waals surface area contributed by atoms with Crippen molar-refractivity contribution in [3.05, 3.63) is 18.1 Å². The van der Waals surface area contributed by atoms with E-state index >= 15 is 0 Å². The average Bonchev–Trinajstić information content (AvgIpc) is 2.18. The van der Waals surface area contributed by atoms with Crippen LogP contribution in [-0.4, -0.2) is 29.1 Å². The maximum atomic E-state index is 5.92. The predicted octanol–water partition coefficient (Wildman–Crippen LogP) is 0.713. The third kappa shape index (κ3) is 2.01. The molecule has 0 bridgehead atoms. The van der Waals surface area contributed by atoms with Gasteiger partial charge in [-0.15, -0.1) is 0 Å². The van der Waals surface area contributed by atoms with Gasteiger partial charge >= 0.3 is 0 Å². The van der Waals surface area contributed by atoms with Crippen molar-refractivity contribution in [1.29, 1.82) is 0 Å². The molecule has 1 aliphatic rings. The van der Waals surface area contributed by atoms with Gasteiger partial charge in [0, 0.05) is 30.9 Å². The van der Waals surface area contributed by atoms with Crippen molar-refractivity contribution in [3.8, 4) is 0 Å². The first-order valence-corrected chi connectivity index (χ1v) is 5.05. The van der Waals surface area contributed by atoms with Crippen molar-refractivity contribution in [2.45, 2.75) is 25.8 Å². The van der Waals surface area contributed by atoms with Gasteiger partial charge in [0.2, 0.25) is 0 Å². The minimum absolute atomic E-state index is 0.291. The predicted molar refractivity (Wildman–Crippen MR) is 56.2 cm³/mol. The Bertz CT molecular complexity index is 313. The molecule has 1 aromatic rings. The normalized spacial score (nSPS) is 22.4. The van der Waals surface area contributed by atoms with Crippen LogP contribution in [0, 0.1) is 6.92 Å². The Kier molecular flexibility index (Phi) is 2.63. The van der Waals surface area contributed by atoms with Gasteiger partial charge in [-0.25, -0.2) is 9.97 Å². The molecule has 0 amide bonds. The number of piperidine rings is 1. The van der Waals surface area contributed by atoms with E-state index in [9.17, 15) is 0 Å². The summed E-state index contributed by atoms with van der Waals surface area (Å²) in [7, 11) is 0. The molecule has 0 saturated carbocycles. The second kappa shape index (κ2) is 3.92. The number of hydrogen-bond acceptors (Lipinski definition) is 4. The number of aromatic nitrogens is 2. The first-order chi connectivity index (χ1) is 6.75. The van der Waals surface area contributed by atoms with Crippen LogP contribution in [0.25, 0.3) is 0 Å². The third-order valence-electron chi connectivity index (χ3n) is 2.57. The number of rotatable bonds is 1. The maximum Gasteiger partial charge on any atom is 0.132 e. The highest BCUT2D eigenvalue weighted by Crippen LogP contribution is 2.16. The van der Waals surface area contributed by atoms with Crippen LogP contribution in [0.15, 0.2) is 12.4 Å². The fourth-order valence-corrected chi connectivity index (χ4v) is 1.83. The zero-order valence-electron chi connectivity index (χ0n) is 8.48. The summed E-state index contributed by atoms with van der Waals surface area (Å²) in [5, 5.41) is 0. The largest absolute Gasteiger partial charge is 0.355 e. The van der Waals surface area contributed by atoms with E-state index in [-0.39, 0.29) is 0 Å². The molecule has 4 heteroatoms. The summed E-state index contributed by atoms with van der Waals surface area (Å²) in [4.78, 5) is 10.6. The fourth-order valence-electron chi connectivity index (χ4n) is 1.83. The zero-order valence-corrected chi connectivity index (χ0v) is 8.48. The SMILES string of the molecule is Cc1cc(N2CCC[C@H](N)C2)ncn1. The van der Waals surface area contributed by atoms with E-state index in [1.807, 2.05) is 13.0 Å². The van der Waals surface area contributed by atoms with Crippen molar-refractivity contribution >= 4 is 5.82 Å². The molecule has 0 unspecified atom stereocenters. The van der Waals surface area contributed by atoms with Crippen LogP contribution in [0.1, 0.15) is 18.5 Å². The van der Waals surface area contributed by atoms with Crippen molar-refractivity contribution in [3.63, 3.8) is 0 Å². The van der Waals surface area contributed by atoms with E-state index < -0.39 is 0 Å². The molecular weight excluding hydrogens is 176 g/mol. The Labute approximate surface area is 84.2 Å². The Morgan fingerprint density at radius 3 is 3.07 bits per heavy atom. The molecule has 0 radical (unpaired) electrons. The Morgan fingerprint density at radius 2 is 2.36 bits per heavy atom. The standard InChI is InChI=1S/C10H16N4/c1-8-5-10(13-7-12-8)14-4-2-3-9(11)6-14/h5,7,9H,2-4,6,11H2,1H3/t9-/m0/s1. The Morgan fingerprint density at radius 1 is 1.50 bits per heavy atom. The smallest absolute Gasteiger partial charge is 0.132 e. The molecule has 1 atom stereocenters. The zero-order chi connectivity index (χ0) is 9.97. The van der Waals surface area contributed by atoms with E-state index in [0.29, 0.717) is 6.04 Å².